The second-order valence-corrected chi connectivity index (χ2v) is 12.5. The molecule has 3 aromatic rings. The number of amides is 1. The van der Waals surface area contributed by atoms with E-state index in [0.29, 0.717) is 16.3 Å². The van der Waals surface area contributed by atoms with Crippen LogP contribution in [0, 0.1) is 12.7 Å². The molecule has 1 heterocycles. The molecule has 31 heavy (non-hydrogen) atoms. The highest BCUT2D eigenvalue weighted by Crippen LogP contribution is 2.32. The van der Waals surface area contributed by atoms with Crippen LogP contribution >= 0.6 is 11.6 Å². The maximum Gasteiger partial charge on any atom is 0.356 e. The van der Waals surface area contributed by atoms with Gasteiger partial charge in [0.2, 0.25) is 5.91 Å². The highest BCUT2D eigenvalue weighted by Gasteiger charge is 2.30. The minimum absolute atomic E-state index is 0.111. The molecule has 1 aromatic heterocycles. The first-order chi connectivity index (χ1) is 14.5. The molecule has 2 N–H and O–H groups in total. The summed E-state index contributed by atoms with van der Waals surface area (Å²) in [7, 11) is -2.29. The first kappa shape index (κ1) is 22.6. The number of hydrogen-bond acceptors (Lipinski definition) is 3. The molecule has 2 aromatic carbocycles. The Balaban J connectivity index is 2.17. The van der Waals surface area contributed by atoms with E-state index in [1.165, 1.54) is 13.0 Å². The van der Waals surface area contributed by atoms with Crippen molar-refractivity contribution < 1.29 is 19.1 Å². The van der Waals surface area contributed by atoms with Gasteiger partial charge >= 0.3 is 5.97 Å². The van der Waals surface area contributed by atoms with Crippen molar-refractivity contribution in [3.63, 3.8) is 0 Å². The topological polar surface area (TPSA) is 79.3 Å². The summed E-state index contributed by atoms with van der Waals surface area (Å²) in [6, 6.07) is 14.8. The van der Waals surface area contributed by atoms with Crippen molar-refractivity contribution in [3.05, 3.63) is 70.6 Å². The Morgan fingerprint density at radius 1 is 1.13 bits per heavy atom. The zero-order valence-corrected chi connectivity index (χ0v) is 19.3. The predicted molar refractivity (Wildman–Crippen MR) is 124 cm³/mol. The Bertz CT molecular complexity index is 1180. The quantitative estimate of drug-likeness (QED) is 0.560. The summed E-state index contributed by atoms with van der Waals surface area (Å²) < 4.78 is 15.6. The van der Waals surface area contributed by atoms with E-state index in [1.54, 1.807) is 19.1 Å². The van der Waals surface area contributed by atoms with Crippen LogP contribution in [-0.4, -0.2) is 30.0 Å². The fraction of sp³-hybridized carbons (Fsp3) is 0.174. The summed E-state index contributed by atoms with van der Waals surface area (Å²) in [5, 5.41) is 13.5. The molecule has 0 fully saturated rings. The summed E-state index contributed by atoms with van der Waals surface area (Å²) in [4.78, 5) is 27.2. The summed E-state index contributed by atoms with van der Waals surface area (Å²) in [6.45, 7) is 7.08. The van der Waals surface area contributed by atoms with E-state index < -0.39 is 25.6 Å². The van der Waals surface area contributed by atoms with Crippen LogP contribution in [0.15, 0.2) is 48.5 Å². The fourth-order valence-electron chi connectivity index (χ4n) is 3.55. The Labute approximate surface area is 185 Å². The Kier molecular flexibility index (Phi) is 6.29. The van der Waals surface area contributed by atoms with Crippen molar-refractivity contribution in [1.82, 2.24) is 4.98 Å². The maximum atomic E-state index is 15.6. The van der Waals surface area contributed by atoms with Crippen molar-refractivity contribution >= 4 is 47.6 Å². The summed E-state index contributed by atoms with van der Waals surface area (Å²) >= 11 is 6.10. The molecule has 0 spiro atoms. The van der Waals surface area contributed by atoms with E-state index in [1.807, 2.05) is 30.3 Å². The Hall–Kier alpha value is -3.03. The lowest BCUT2D eigenvalue weighted by Crippen LogP contribution is -2.54. The van der Waals surface area contributed by atoms with Crippen LogP contribution in [0.2, 0.25) is 18.1 Å². The first-order valence-corrected chi connectivity index (χ1v) is 13.0. The number of rotatable bonds is 5. The predicted octanol–water partition coefficient (Wildman–Crippen LogP) is 4.33. The van der Waals surface area contributed by atoms with Crippen LogP contribution in [0.3, 0.4) is 0 Å². The van der Waals surface area contributed by atoms with Crippen molar-refractivity contribution in [1.29, 1.82) is 0 Å². The van der Waals surface area contributed by atoms with Crippen molar-refractivity contribution in [3.8, 4) is 11.3 Å². The SMILES string of the molecule is CC(=O)Nc1cc(-c2ccc([Si](C)(C)c3ccccc3)c(F)c2C)nc(C(=O)O)c1Cl. The lowest BCUT2D eigenvalue weighted by molar-refractivity contribution is -0.114. The van der Waals surface area contributed by atoms with Gasteiger partial charge in [-0.05, 0) is 23.7 Å². The highest BCUT2D eigenvalue weighted by molar-refractivity contribution is 7.00. The van der Waals surface area contributed by atoms with Gasteiger partial charge < -0.3 is 10.4 Å². The zero-order valence-electron chi connectivity index (χ0n) is 17.6. The van der Waals surface area contributed by atoms with Crippen LogP contribution in [0.5, 0.6) is 0 Å². The standard InChI is InChI=1S/C23H22ClFN2O3Si/c1-13-16(17-12-18(26-14(2)28)20(24)22(27-17)23(29)30)10-11-19(21(13)25)31(3,4)15-8-6-5-7-9-15/h5-12H,1-4H3,(H,29,30)(H,26,27,28). The molecular weight excluding hydrogens is 435 g/mol. The normalized spacial score (nSPS) is 11.3. The summed E-state index contributed by atoms with van der Waals surface area (Å²) in [5.74, 6) is -2.09. The van der Waals surface area contributed by atoms with Gasteiger partial charge in [-0.3, -0.25) is 4.79 Å². The molecule has 160 valence electrons. The number of carboxylic acid groups (broad SMARTS) is 1. The number of hydrogen-bond donors (Lipinski definition) is 2. The average molecular weight is 457 g/mol. The van der Waals surface area contributed by atoms with Crippen molar-refractivity contribution in [2.24, 2.45) is 0 Å². The minimum atomic E-state index is -2.29. The van der Waals surface area contributed by atoms with Gasteiger partial charge in [-0.2, -0.15) is 0 Å². The highest BCUT2D eigenvalue weighted by atomic mass is 35.5. The number of nitrogens with one attached hydrogen (secondary N) is 1. The third-order valence-corrected chi connectivity index (χ3v) is 9.19. The molecule has 0 unspecified atom stereocenters. The van der Waals surface area contributed by atoms with Crippen LogP contribution in [-0.2, 0) is 4.79 Å². The van der Waals surface area contributed by atoms with Gasteiger partial charge in [0.25, 0.3) is 0 Å². The van der Waals surface area contributed by atoms with Gasteiger partial charge in [0.15, 0.2) is 5.69 Å². The van der Waals surface area contributed by atoms with Gasteiger partial charge in [-0.25, -0.2) is 14.2 Å². The second-order valence-electron chi connectivity index (χ2n) is 7.79. The van der Waals surface area contributed by atoms with Crippen molar-refractivity contribution in [2.75, 3.05) is 5.32 Å². The molecule has 0 bridgehead atoms. The lowest BCUT2D eigenvalue weighted by Gasteiger charge is -2.25. The molecule has 1 amide bonds. The van der Waals surface area contributed by atoms with Crippen LogP contribution < -0.4 is 15.7 Å². The number of carbonyl (C=O) groups excluding carboxylic acids is 1. The molecule has 0 aliphatic heterocycles. The molecule has 0 aliphatic carbocycles. The van der Waals surface area contributed by atoms with Gasteiger partial charge in [0, 0.05) is 12.5 Å². The van der Waals surface area contributed by atoms with Crippen LogP contribution in [0.4, 0.5) is 10.1 Å². The third kappa shape index (κ3) is 4.38. The van der Waals surface area contributed by atoms with E-state index >= 15 is 4.39 Å². The minimum Gasteiger partial charge on any atom is -0.476 e. The number of aromatic nitrogens is 1. The van der Waals surface area contributed by atoms with E-state index in [9.17, 15) is 14.7 Å². The number of carbonyl (C=O) groups is 2. The molecule has 5 nitrogen and oxygen atoms in total. The summed E-state index contributed by atoms with van der Waals surface area (Å²) in [6.07, 6.45) is 0. The largest absolute Gasteiger partial charge is 0.476 e. The monoisotopic (exact) mass is 456 g/mol. The van der Waals surface area contributed by atoms with Crippen LogP contribution in [0.25, 0.3) is 11.3 Å². The number of anilines is 1. The van der Waals surface area contributed by atoms with E-state index in [2.05, 4.69) is 23.4 Å². The molecule has 0 saturated carbocycles. The van der Waals surface area contributed by atoms with Gasteiger partial charge in [0.05, 0.1) is 16.4 Å². The van der Waals surface area contributed by atoms with Gasteiger partial charge in [-0.1, -0.05) is 72.3 Å². The third-order valence-electron chi connectivity index (χ3n) is 5.30. The molecule has 0 radical (unpaired) electrons. The number of pyridine rings is 1. The Morgan fingerprint density at radius 2 is 1.77 bits per heavy atom. The molecule has 0 atom stereocenters. The van der Waals surface area contributed by atoms with Crippen LogP contribution in [0.1, 0.15) is 23.0 Å². The molecule has 8 heteroatoms. The second kappa shape index (κ2) is 8.61. The number of aromatic carboxylic acids is 1. The summed E-state index contributed by atoms with van der Waals surface area (Å²) in [5.41, 5.74) is 0.705. The average Bonchev–Trinajstić information content (AvgIpc) is 2.71. The lowest BCUT2D eigenvalue weighted by atomic mass is 10.0. The number of benzene rings is 2. The van der Waals surface area contributed by atoms with Gasteiger partial charge in [-0.15, -0.1) is 0 Å². The van der Waals surface area contributed by atoms with E-state index in [0.717, 1.165) is 5.19 Å². The Morgan fingerprint density at radius 3 is 2.35 bits per heavy atom. The number of carboxylic acids is 1. The maximum absolute atomic E-state index is 15.6. The number of nitrogens with zero attached hydrogens (tertiary/aromatic N) is 1. The molecule has 0 aliphatic rings. The first-order valence-electron chi connectivity index (χ1n) is 9.61. The number of halogens is 2. The fourth-order valence-corrected chi connectivity index (χ4v) is 6.34. The van der Waals surface area contributed by atoms with E-state index in [-0.39, 0.29) is 22.2 Å². The van der Waals surface area contributed by atoms with Gasteiger partial charge in [0.1, 0.15) is 13.9 Å². The smallest absolute Gasteiger partial charge is 0.356 e. The van der Waals surface area contributed by atoms with Crippen molar-refractivity contribution in [2.45, 2.75) is 26.9 Å². The molecular formula is C23H22ClFN2O3Si. The molecule has 3 rings (SSSR count). The molecule has 0 saturated heterocycles. The van der Waals surface area contributed by atoms with E-state index in [4.69, 9.17) is 11.6 Å². The zero-order chi connectivity index (χ0) is 22.9.